The second kappa shape index (κ2) is 8.92. The van der Waals surface area contributed by atoms with Crippen LogP contribution >= 0.6 is 27.3 Å². The van der Waals surface area contributed by atoms with E-state index in [9.17, 15) is 9.59 Å². The molecule has 2 atom stereocenters. The summed E-state index contributed by atoms with van der Waals surface area (Å²) in [6, 6.07) is 7.47. The first-order valence-electron chi connectivity index (χ1n) is 12.1. The lowest BCUT2D eigenvalue weighted by atomic mass is 9.44. The predicted octanol–water partition coefficient (Wildman–Crippen LogP) is 6.07. The number of ketones is 1. The molecule has 0 aliphatic heterocycles. The fourth-order valence-electron chi connectivity index (χ4n) is 7.48. The summed E-state index contributed by atoms with van der Waals surface area (Å²) in [4.78, 5) is 26.6. The van der Waals surface area contributed by atoms with Crippen molar-refractivity contribution < 1.29 is 18.9 Å². The second-order valence-electron chi connectivity index (χ2n) is 11.2. The zero-order valence-electron chi connectivity index (χ0n) is 19.6. The van der Waals surface area contributed by atoms with Gasteiger partial charge < -0.3 is 4.74 Å². The molecule has 176 valence electrons. The van der Waals surface area contributed by atoms with Gasteiger partial charge in [-0.2, -0.15) is 4.57 Å². The van der Waals surface area contributed by atoms with Crippen molar-refractivity contribution in [2.75, 3.05) is 6.61 Å². The minimum Gasteiger partial charge on any atom is -0.465 e. The number of benzene rings is 1. The molecule has 0 amide bonds. The number of esters is 1. The molecule has 6 heteroatoms. The van der Waals surface area contributed by atoms with Crippen molar-refractivity contribution in [1.82, 2.24) is 0 Å². The Morgan fingerprint density at radius 1 is 1.15 bits per heavy atom. The first-order chi connectivity index (χ1) is 15.7. The highest BCUT2D eigenvalue weighted by Gasteiger charge is 2.56. The van der Waals surface area contributed by atoms with Gasteiger partial charge in [0.2, 0.25) is 17.8 Å². The van der Waals surface area contributed by atoms with Gasteiger partial charge in [0.1, 0.15) is 0 Å². The normalized spacial score (nSPS) is 29.9. The van der Waals surface area contributed by atoms with Crippen molar-refractivity contribution >= 4 is 39.0 Å². The van der Waals surface area contributed by atoms with Crippen molar-refractivity contribution in [2.24, 2.45) is 22.7 Å². The molecule has 4 aliphatic carbocycles. The molecule has 4 saturated carbocycles. The number of carbonyl (C=O) groups is 2. The number of carbonyl (C=O) groups excluding carboxylic acids is 2. The minimum absolute atomic E-state index is 0.0203. The van der Waals surface area contributed by atoms with Crippen LogP contribution in [-0.2, 0) is 22.5 Å². The number of halogens is 1. The molecule has 4 nitrogen and oxygen atoms in total. The van der Waals surface area contributed by atoms with E-state index in [4.69, 9.17) is 4.74 Å². The van der Waals surface area contributed by atoms with Crippen LogP contribution in [0, 0.1) is 29.6 Å². The summed E-state index contributed by atoms with van der Waals surface area (Å²) in [7, 11) is 0. The van der Waals surface area contributed by atoms with Crippen LogP contribution < -0.4 is 4.57 Å². The van der Waals surface area contributed by atoms with E-state index < -0.39 is 0 Å². The van der Waals surface area contributed by atoms with Gasteiger partial charge in [0.05, 0.1) is 17.9 Å². The molecule has 6 rings (SSSR count). The van der Waals surface area contributed by atoms with E-state index in [1.165, 1.54) is 43.4 Å². The smallest absolute Gasteiger partial charge is 0.306 e. The molecule has 33 heavy (non-hydrogen) atoms. The number of rotatable bonds is 8. The molecule has 0 radical (unpaired) electrons. The third kappa shape index (κ3) is 4.97. The van der Waals surface area contributed by atoms with E-state index in [1.807, 2.05) is 41.3 Å². The van der Waals surface area contributed by atoms with Gasteiger partial charge in [-0.1, -0.05) is 46.3 Å². The summed E-state index contributed by atoms with van der Waals surface area (Å²) in [6.45, 7) is 5.23. The van der Waals surface area contributed by atoms with Crippen LogP contribution in [0.5, 0.6) is 0 Å². The third-order valence-corrected chi connectivity index (χ3v) is 9.90. The van der Waals surface area contributed by atoms with Crippen LogP contribution in [0.15, 0.2) is 34.2 Å². The monoisotopic (exact) mass is 530 g/mol. The van der Waals surface area contributed by atoms with Crippen LogP contribution in [-0.4, -0.2) is 18.4 Å². The number of ether oxygens (including phenoxy) is 1. The first kappa shape index (κ1) is 23.2. The van der Waals surface area contributed by atoms with Gasteiger partial charge in [0.15, 0.2) is 5.69 Å². The fourth-order valence-corrected chi connectivity index (χ4v) is 8.72. The van der Waals surface area contributed by atoms with Crippen LogP contribution in [0.25, 0.3) is 0 Å². The van der Waals surface area contributed by atoms with E-state index in [-0.39, 0.29) is 17.2 Å². The molecule has 4 aliphatic rings. The Morgan fingerprint density at radius 3 is 2.52 bits per heavy atom. The number of thiazole rings is 1. The van der Waals surface area contributed by atoms with E-state index in [1.54, 1.807) is 11.3 Å². The second-order valence-corrected chi connectivity index (χ2v) is 13.1. The molecular formula is C27H33BrNO3S+. The van der Waals surface area contributed by atoms with Gasteiger partial charge in [0, 0.05) is 23.4 Å². The lowest BCUT2D eigenvalue weighted by molar-refractivity contribution is -0.684. The maximum absolute atomic E-state index is 12.8. The number of hydrogen-bond acceptors (Lipinski definition) is 4. The Morgan fingerprint density at radius 2 is 1.85 bits per heavy atom. The van der Waals surface area contributed by atoms with Gasteiger partial charge in [-0.3, -0.25) is 9.59 Å². The molecule has 0 N–H and O–H groups in total. The lowest BCUT2D eigenvalue weighted by Crippen LogP contribution is -2.51. The van der Waals surface area contributed by atoms with Gasteiger partial charge in [0.25, 0.3) is 0 Å². The molecule has 0 saturated heterocycles. The number of hydrogen-bond donors (Lipinski definition) is 0. The van der Waals surface area contributed by atoms with Crippen molar-refractivity contribution in [3.63, 3.8) is 0 Å². The molecule has 0 spiro atoms. The van der Waals surface area contributed by atoms with E-state index >= 15 is 0 Å². The van der Waals surface area contributed by atoms with Crippen LogP contribution in [0.1, 0.15) is 72.8 Å². The van der Waals surface area contributed by atoms with Gasteiger partial charge in [-0.15, -0.1) is 0 Å². The number of aromatic nitrogens is 1. The van der Waals surface area contributed by atoms with E-state index in [2.05, 4.69) is 22.9 Å². The van der Waals surface area contributed by atoms with Gasteiger partial charge >= 0.3 is 5.97 Å². The molecule has 4 fully saturated rings. The Bertz CT molecular complexity index is 1050. The molecule has 4 bridgehead atoms. The van der Waals surface area contributed by atoms with E-state index in [0.717, 1.165) is 22.0 Å². The average molecular weight is 532 g/mol. The summed E-state index contributed by atoms with van der Waals surface area (Å²) in [5, 5.41) is 0. The maximum atomic E-state index is 12.8. The van der Waals surface area contributed by atoms with Gasteiger partial charge in [-0.05, 0) is 73.3 Å². The van der Waals surface area contributed by atoms with Crippen molar-refractivity contribution in [1.29, 1.82) is 0 Å². The zero-order valence-corrected chi connectivity index (χ0v) is 22.0. The number of Topliss-reactive ketones (excluding diaryl/α,β-unsaturated/α-hetero) is 1. The molecule has 1 heterocycles. The molecule has 1 aromatic carbocycles. The summed E-state index contributed by atoms with van der Waals surface area (Å²) in [5.41, 5.74) is 4.45. The van der Waals surface area contributed by atoms with Crippen molar-refractivity contribution in [2.45, 2.75) is 71.8 Å². The summed E-state index contributed by atoms with van der Waals surface area (Å²) < 4.78 is 8.70. The topological polar surface area (TPSA) is 47.2 Å². The standard InChI is InChI=1S/C27H33BrNO3S/c1-18-24(33-17-29(18)15-23(30)21-3-5-22(28)6-4-21)7-8-32-25(31)14-27-12-19-9-20(13-27)11-26(2,10-19)16-27/h3-6,17,19-20H,7-16H2,1-2H3/q+1/t19-,20-,26?,27?/m0/s1. The Labute approximate surface area is 208 Å². The Kier molecular flexibility index (Phi) is 6.28. The first-order valence-corrected chi connectivity index (χ1v) is 13.8. The van der Waals surface area contributed by atoms with Crippen molar-refractivity contribution in [3.05, 3.63) is 50.4 Å². The Hall–Kier alpha value is -1.53. The lowest BCUT2D eigenvalue weighted by Gasteiger charge is -2.61. The summed E-state index contributed by atoms with van der Waals surface area (Å²) >= 11 is 5.04. The van der Waals surface area contributed by atoms with Crippen LogP contribution in [0.3, 0.4) is 0 Å². The van der Waals surface area contributed by atoms with Crippen molar-refractivity contribution in [3.8, 4) is 0 Å². The van der Waals surface area contributed by atoms with Crippen LogP contribution in [0.2, 0.25) is 0 Å². The van der Waals surface area contributed by atoms with E-state index in [0.29, 0.717) is 37.0 Å². The third-order valence-electron chi connectivity index (χ3n) is 8.22. The molecular weight excluding hydrogens is 498 g/mol. The SMILES string of the molecule is Cc1c(CCOC(=O)CC23C[C@H]4C[C@@H](CC(C)(C4)C2)C3)sc[n+]1CC(=O)c1ccc(Br)cc1. The molecule has 2 aromatic rings. The highest BCUT2D eigenvalue weighted by molar-refractivity contribution is 9.10. The maximum Gasteiger partial charge on any atom is 0.306 e. The minimum atomic E-state index is -0.0203. The zero-order chi connectivity index (χ0) is 23.2. The Balaban J connectivity index is 1.13. The quantitative estimate of drug-likeness (QED) is 0.236. The highest BCUT2D eigenvalue weighted by Crippen LogP contribution is 2.66. The average Bonchev–Trinajstić information content (AvgIpc) is 3.05. The summed E-state index contributed by atoms with van der Waals surface area (Å²) in [6.07, 6.45) is 9.07. The number of nitrogens with zero attached hydrogens (tertiary/aromatic N) is 1. The predicted molar refractivity (Wildman–Crippen MR) is 132 cm³/mol. The fraction of sp³-hybridized carbons (Fsp3) is 0.593. The highest BCUT2D eigenvalue weighted by atomic mass is 79.9. The molecule has 0 unspecified atom stereocenters. The van der Waals surface area contributed by atoms with Gasteiger partial charge in [-0.25, -0.2) is 0 Å². The summed E-state index contributed by atoms with van der Waals surface area (Å²) in [5.74, 6) is 1.73. The van der Waals surface area contributed by atoms with Crippen LogP contribution in [0.4, 0.5) is 0 Å². The molecule has 1 aromatic heterocycles. The largest absolute Gasteiger partial charge is 0.465 e.